The van der Waals surface area contributed by atoms with Crippen LogP contribution in [-0.4, -0.2) is 52.4 Å². The van der Waals surface area contributed by atoms with Crippen LogP contribution in [0.5, 0.6) is 0 Å². The van der Waals surface area contributed by atoms with Gasteiger partial charge in [-0.2, -0.15) is 0 Å². The summed E-state index contributed by atoms with van der Waals surface area (Å²) in [6, 6.07) is 9.61. The van der Waals surface area contributed by atoms with Crippen LogP contribution in [0.25, 0.3) is 0 Å². The van der Waals surface area contributed by atoms with Gasteiger partial charge in [-0.3, -0.25) is 0 Å². The number of rotatable bonds is 4. The molecule has 1 aromatic carbocycles. The van der Waals surface area contributed by atoms with Crippen molar-refractivity contribution >= 4 is 5.97 Å². The van der Waals surface area contributed by atoms with Crippen molar-refractivity contribution in [2.24, 2.45) is 0 Å². The van der Waals surface area contributed by atoms with Crippen molar-refractivity contribution in [2.75, 3.05) is 7.05 Å². The number of benzene rings is 1. The fourth-order valence-corrected chi connectivity index (χ4v) is 3.65. The van der Waals surface area contributed by atoms with Gasteiger partial charge in [0.05, 0.1) is 0 Å². The highest BCUT2D eigenvalue weighted by molar-refractivity contribution is 5.75. The van der Waals surface area contributed by atoms with Crippen LogP contribution >= 0.6 is 0 Å². The van der Waals surface area contributed by atoms with Gasteiger partial charge in [0, 0.05) is 12.1 Å². The number of carbonyl (C=O) groups excluding carboxylic acids is 1. The van der Waals surface area contributed by atoms with E-state index in [1.54, 1.807) is 24.3 Å². The van der Waals surface area contributed by atoms with Crippen LogP contribution in [0.4, 0.5) is 0 Å². The number of ether oxygens (including phenoxy) is 1. The van der Waals surface area contributed by atoms with Crippen molar-refractivity contribution in [1.82, 2.24) is 4.90 Å². The highest BCUT2D eigenvalue weighted by atomic mass is 16.6. The van der Waals surface area contributed by atoms with Gasteiger partial charge in [0.15, 0.2) is 6.10 Å². The molecule has 0 aromatic heterocycles. The fourth-order valence-electron chi connectivity index (χ4n) is 3.65. The fraction of sp³-hybridized carbons (Fsp3) is 0.588. The Morgan fingerprint density at radius 2 is 1.77 bits per heavy atom. The predicted molar refractivity (Wildman–Crippen MR) is 81.1 cm³/mol. The molecule has 0 spiro atoms. The van der Waals surface area contributed by atoms with E-state index in [4.69, 9.17) is 4.74 Å². The Kier molecular flexibility index (Phi) is 4.47. The van der Waals surface area contributed by atoms with E-state index in [-0.39, 0.29) is 6.10 Å². The molecule has 2 N–H and O–H groups in total. The lowest BCUT2D eigenvalue weighted by molar-refractivity contribution is -0.168. The number of carbonyl (C=O) groups is 1. The Balaban J connectivity index is 1.58. The van der Waals surface area contributed by atoms with E-state index in [9.17, 15) is 15.0 Å². The lowest BCUT2D eigenvalue weighted by atomic mass is 10.00. The molecule has 2 heterocycles. The molecule has 5 nitrogen and oxygen atoms in total. The molecule has 0 radical (unpaired) electrons. The average Bonchev–Trinajstić information content (AvgIpc) is 2.76. The van der Waals surface area contributed by atoms with Crippen LogP contribution in [0.1, 0.15) is 37.4 Å². The maximum Gasteiger partial charge on any atom is 0.338 e. The summed E-state index contributed by atoms with van der Waals surface area (Å²) in [6.07, 6.45) is 0.962. The third-order valence-corrected chi connectivity index (χ3v) is 5.02. The molecule has 2 bridgehead atoms. The van der Waals surface area contributed by atoms with Crippen LogP contribution in [0.3, 0.4) is 0 Å². The number of aliphatic hydroxyl groups is 2. The van der Waals surface area contributed by atoms with E-state index in [0.717, 1.165) is 25.7 Å². The lowest BCUT2D eigenvalue weighted by Crippen LogP contribution is -2.44. The topological polar surface area (TPSA) is 70.0 Å². The minimum Gasteiger partial charge on any atom is -0.460 e. The number of hydrogen-bond acceptors (Lipinski definition) is 5. The second-order valence-corrected chi connectivity index (χ2v) is 6.38. The highest BCUT2D eigenvalue weighted by Crippen LogP contribution is 2.35. The Labute approximate surface area is 130 Å². The molecule has 22 heavy (non-hydrogen) atoms. The molecular weight excluding hydrogens is 282 g/mol. The molecule has 0 saturated carbocycles. The summed E-state index contributed by atoms with van der Waals surface area (Å²) in [5.74, 6) is -0.731. The van der Waals surface area contributed by atoms with Crippen molar-refractivity contribution < 1.29 is 19.7 Å². The number of fused-ring (bicyclic) bond motifs is 2. The quantitative estimate of drug-likeness (QED) is 0.819. The lowest BCUT2D eigenvalue weighted by Gasteiger charge is -2.36. The number of piperidine rings is 1. The zero-order valence-corrected chi connectivity index (χ0v) is 12.8. The Morgan fingerprint density at radius 1 is 1.18 bits per heavy atom. The molecule has 3 unspecified atom stereocenters. The molecule has 120 valence electrons. The number of nitrogens with zero attached hydrogens (tertiary/aromatic N) is 1. The van der Waals surface area contributed by atoms with Crippen LogP contribution in [0.15, 0.2) is 30.3 Å². The number of hydrogen-bond donors (Lipinski definition) is 2. The summed E-state index contributed by atoms with van der Waals surface area (Å²) in [5.41, 5.74) is 0.510. The molecule has 0 aliphatic carbocycles. The van der Waals surface area contributed by atoms with E-state index in [2.05, 4.69) is 11.9 Å². The van der Waals surface area contributed by atoms with Gasteiger partial charge < -0.3 is 19.8 Å². The Bertz CT molecular complexity index is 507. The van der Waals surface area contributed by atoms with Crippen LogP contribution in [-0.2, 0) is 9.53 Å². The van der Waals surface area contributed by atoms with Gasteiger partial charge in [-0.25, -0.2) is 4.79 Å². The first-order valence-electron chi connectivity index (χ1n) is 7.89. The zero-order valence-electron chi connectivity index (χ0n) is 12.8. The van der Waals surface area contributed by atoms with Gasteiger partial charge in [0.1, 0.15) is 12.2 Å². The first-order valence-corrected chi connectivity index (χ1v) is 7.89. The SMILES string of the molecule is CN1C2CCC1CC(OC(=O)[C@H](O)C(O)c1ccccc1)C2. The maximum atomic E-state index is 12.1. The second-order valence-electron chi connectivity index (χ2n) is 6.38. The van der Waals surface area contributed by atoms with Gasteiger partial charge in [0.2, 0.25) is 0 Å². The molecular formula is C17H23NO4. The van der Waals surface area contributed by atoms with Gasteiger partial charge in [-0.05, 0) is 38.3 Å². The van der Waals surface area contributed by atoms with E-state index in [1.807, 2.05) is 6.07 Å². The van der Waals surface area contributed by atoms with Crippen molar-refractivity contribution in [1.29, 1.82) is 0 Å². The van der Waals surface area contributed by atoms with Crippen molar-refractivity contribution in [3.05, 3.63) is 35.9 Å². The third-order valence-electron chi connectivity index (χ3n) is 5.02. The summed E-state index contributed by atoms with van der Waals surface area (Å²) < 4.78 is 5.45. The summed E-state index contributed by atoms with van der Waals surface area (Å²) in [4.78, 5) is 14.5. The minimum absolute atomic E-state index is 0.154. The Hall–Kier alpha value is -1.43. The number of esters is 1. The van der Waals surface area contributed by atoms with E-state index in [0.29, 0.717) is 17.6 Å². The largest absolute Gasteiger partial charge is 0.460 e. The summed E-state index contributed by atoms with van der Waals surface area (Å²) in [5, 5.41) is 20.1. The van der Waals surface area contributed by atoms with Gasteiger partial charge >= 0.3 is 5.97 Å². The first kappa shape index (κ1) is 15.5. The normalized spacial score (nSPS) is 30.8. The first-order chi connectivity index (χ1) is 10.6. The highest BCUT2D eigenvalue weighted by Gasteiger charge is 2.40. The van der Waals surface area contributed by atoms with Crippen molar-refractivity contribution in [2.45, 2.75) is 56.1 Å². The average molecular weight is 305 g/mol. The van der Waals surface area contributed by atoms with Gasteiger partial charge in [-0.15, -0.1) is 0 Å². The van der Waals surface area contributed by atoms with Crippen molar-refractivity contribution in [3.8, 4) is 0 Å². The molecule has 2 aliphatic rings. The van der Waals surface area contributed by atoms with Gasteiger partial charge in [-0.1, -0.05) is 30.3 Å². The van der Waals surface area contributed by atoms with Crippen LogP contribution < -0.4 is 0 Å². The van der Waals surface area contributed by atoms with Crippen LogP contribution in [0, 0.1) is 0 Å². The van der Waals surface area contributed by atoms with Crippen molar-refractivity contribution in [3.63, 3.8) is 0 Å². The molecule has 2 aliphatic heterocycles. The maximum absolute atomic E-state index is 12.1. The van der Waals surface area contributed by atoms with E-state index < -0.39 is 18.2 Å². The predicted octanol–water partition coefficient (Wildman–Crippen LogP) is 1.25. The molecule has 2 saturated heterocycles. The summed E-state index contributed by atoms with van der Waals surface area (Å²) in [7, 11) is 2.12. The molecule has 3 rings (SSSR count). The molecule has 0 amide bonds. The van der Waals surface area contributed by atoms with Gasteiger partial charge in [0.25, 0.3) is 0 Å². The molecule has 4 atom stereocenters. The molecule has 5 heteroatoms. The summed E-state index contributed by atoms with van der Waals surface area (Å²) in [6.45, 7) is 0. The van der Waals surface area contributed by atoms with E-state index >= 15 is 0 Å². The third kappa shape index (κ3) is 3.02. The second kappa shape index (κ2) is 6.36. The zero-order chi connectivity index (χ0) is 15.7. The minimum atomic E-state index is -1.54. The molecule has 1 aromatic rings. The monoisotopic (exact) mass is 305 g/mol. The van der Waals surface area contributed by atoms with Crippen LogP contribution in [0.2, 0.25) is 0 Å². The van der Waals surface area contributed by atoms with E-state index in [1.165, 1.54) is 0 Å². The number of aliphatic hydroxyl groups excluding tert-OH is 2. The smallest absolute Gasteiger partial charge is 0.338 e. The molecule has 2 fully saturated rings. The standard InChI is InChI=1S/C17H23NO4/c1-18-12-7-8-13(18)10-14(9-12)22-17(21)16(20)15(19)11-5-3-2-4-6-11/h2-6,12-16,19-20H,7-10H2,1H3/t12?,13?,14?,15?,16-/m1/s1. The Morgan fingerprint density at radius 3 is 2.36 bits per heavy atom. The summed E-state index contributed by atoms with van der Waals surface area (Å²) >= 11 is 0.